The first-order chi connectivity index (χ1) is 14.0. The van der Waals surface area contributed by atoms with Crippen molar-refractivity contribution in [2.75, 3.05) is 29.4 Å². The predicted octanol–water partition coefficient (Wildman–Crippen LogP) is 2.66. The monoisotopic (exact) mass is 381 g/mol. The zero-order valence-corrected chi connectivity index (χ0v) is 14.9. The number of anilines is 2. The molecule has 0 amide bonds. The van der Waals surface area contributed by atoms with Crippen LogP contribution in [0, 0.1) is 17.8 Å². The van der Waals surface area contributed by atoms with Crippen LogP contribution in [0.25, 0.3) is 0 Å². The lowest BCUT2D eigenvalue weighted by atomic mass is 9.60. The molecule has 8 heteroatoms. The molecule has 27 heavy (non-hydrogen) atoms. The van der Waals surface area contributed by atoms with E-state index in [-0.39, 0.29) is 48.7 Å². The van der Waals surface area contributed by atoms with Gasteiger partial charge in [0.25, 0.3) is 5.92 Å². The number of hydrogen-bond acceptors (Lipinski definition) is 5. The van der Waals surface area contributed by atoms with Gasteiger partial charge in [-0.2, -0.15) is 13.8 Å². The van der Waals surface area contributed by atoms with E-state index in [1.165, 1.54) is 4.90 Å². The maximum absolute atomic E-state index is 14.6. The molecule has 2 aliphatic carbocycles. The lowest BCUT2D eigenvalue weighted by Crippen LogP contribution is -2.56. The molecule has 1 aromatic heterocycles. The van der Waals surface area contributed by atoms with Gasteiger partial charge in [-0.05, 0) is 43.9 Å². The fourth-order valence-corrected chi connectivity index (χ4v) is 5.11. The van der Waals surface area contributed by atoms with E-state index in [9.17, 15) is 13.6 Å². The van der Waals surface area contributed by atoms with E-state index in [0.717, 1.165) is 6.42 Å². The van der Waals surface area contributed by atoms with E-state index < -0.39 is 24.8 Å². The van der Waals surface area contributed by atoms with Crippen LogP contribution in [0.1, 0.15) is 47.9 Å². The SMILES string of the molecule is [2H]C([2H])([2H])[C@H]1CCN1c1nc(N2C[C@H]3C[C@@H](C2)C3CC(=O)O)c2c(n1)C(F)(F)CC2. The largest absolute Gasteiger partial charge is 0.481 e. The summed E-state index contributed by atoms with van der Waals surface area (Å²) in [5, 5.41) is 9.12. The van der Waals surface area contributed by atoms with Crippen molar-refractivity contribution in [1.29, 1.82) is 0 Å². The quantitative estimate of drug-likeness (QED) is 0.865. The van der Waals surface area contributed by atoms with E-state index in [4.69, 9.17) is 9.22 Å². The van der Waals surface area contributed by atoms with Crippen LogP contribution in [0.15, 0.2) is 0 Å². The molecule has 3 aliphatic heterocycles. The van der Waals surface area contributed by atoms with Gasteiger partial charge in [0.2, 0.25) is 5.95 Å². The van der Waals surface area contributed by atoms with Crippen molar-refractivity contribution in [3.05, 3.63) is 11.3 Å². The van der Waals surface area contributed by atoms with Crippen molar-refractivity contribution in [1.82, 2.24) is 9.97 Å². The number of fused-ring (bicyclic) bond motifs is 3. The van der Waals surface area contributed by atoms with Gasteiger partial charge in [0.15, 0.2) is 0 Å². The Morgan fingerprint density at radius 3 is 2.78 bits per heavy atom. The molecule has 1 unspecified atom stereocenters. The third-order valence-corrected chi connectivity index (χ3v) is 6.72. The lowest BCUT2D eigenvalue weighted by Gasteiger charge is -2.54. The van der Waals surface area contributed by atoms with Gasteiger partial charge in [0.05, 0.1) is 0 Å². The second-order valence-electron chi connectivity index (χ2n) is 8.30. The van der Waals surface area contributed by atoms with Gasteiger partial charge in [-0.25, -0.2) is 4.98 Å². The molecule has 1 N–H and O–H groups in total. The van der Waals surface area contributed by atoms with Gasteiger partial charge in [0.1, 0.15) is 11.5 Å². The third kappa shape index (κ3) is 2.59. The zero-order valence-electron chi connectivity index (χ0n) is 17.9. The number of carbonyl (C=O) groups is 1. The van der Waals surface area contributed by atoms with Crippen LogP contribution in [-0.2, 0) is 17.1 Å². The average Bonchev–Trinajstić information content (AvgIpc) is 2.92. The molecule has 3 saturated heterocycles. The summed E-state index contributed by atoms with van der Waals surface area (Å²) in [6.45, 7) is -0.615. The number of carboxylic acids is 1. The zero-order chi connectivity index (χ0) is 21.4. The van der Waals surface area contributed by atoms with Gasteiger partial charge in [0, 0.05) is 48.2 Å². The van der Waals surface area contributed by atoms with Gasteiger partial charge in [-0.1, -0.05) is 0 Å². The number of aliphatic carboxylic acids is 1. The van der Waals surface area contributed by atoms with Crippen LogP contribution in [0.5, 0.6) is 0 Å². The Morgan fingerprint density at radius 2 is 2.15 bits per heavy atom. The van der Waals surface area contributed by atoms with E-state index in [1.807, 2.05) is 4.90 Å². The highest BCUT2D eigenvalue weighted by Crippen LogP contribution is 2.50. The van der Waals surface area contributed by atoms with Crippen LogP contribution in [0.3, 0.4) is 0 Å². The highest BCUT2D eigenvalue weighted by molar-refractivity contribution is 5.67. The number of nitrogens with zero attached hydrogens (tertiary/aromatic N) is 4. The van der Waals surface area contributed by atoms with Crippen molar-refractivity contribution in [2.24, 2.45) is 17.8 Å². The number of rotatable bonds is 4. The smallest absolute Gasteiger partial charge is 0.303 e. The summed E-state index contributed by atoms with van der Waals surface area (Å²) in [4.78, 5) is 23.4. The first kappa shape index (κ1) is 14.1. The van der Waals surface area contributed by atoms with Crippen molar-refractivity contribution in [3.63, 3.8) is 0 Å². The van der Waals surface area contributed by atoms with Crippen LogP contribution < -0.4 is 9.80 Å². The molecule has 6 rings (SSSR count). The van der Waals surface area contributed by atoms with Crippen molar-refractivity contribution in [3.8, 4) is 0 Å². The minimum absolute atomic E-state index is 0.0685. The van der Waals surface area contributed by atoms with Crippen molar-refractivity contribution < 1.29 is 22.8 Å². The second kappa shape index (κ2) is 5.75. The molecule has 4 fully saturated rings. The lowest BCUT2D eigenvalue weighted by molar-refractivity contribution is -0.141. The van der Waals surface area contributed by atoms with Crippen molar-refractivity contribution in [2.45, 2.75) is 50.9 Å². The van der Waals surface area contributed by atoms with E-state index in [0.29, 0.717) is 37.4 Å². The highest BCUT2D eigenvalue weighted by atomic mass is 19.3. The Hall–Kier alpha value is -1.99. The topological polar surface area (TPSA) is 69.6 Å². The number of alkyl halides is 2. The predicted molar refractivity (Wildman–Crippen MR) is 95.2 cm³/mol. The maximum Gasteiger partial charge on any atom is 0.303 e. The van der Waals surface area contributed by atoms with Gasteiger partial charge < -0.3 is 14.9 Å². The fraction of sp³-hybridized carbons (Fsp3) is 0.737. The number of carboxylic acid groups (broad SMARTS) is 1. The third-order valence-electron chi connectivity index (χ3n) is 6.72. The summed E-state index contributed by atoms with van der Waals surface area (Å²) in [7, 11) is 0. The fourth-order valence-electron chi connectivity index (χ4n) is 5.11. The molecule has 4 heterocycles. The molecule has 6 nitrogen and oxygen atoms in total. The molecule has 146 valence electrons. The summed E-state index contributed by atoms with van der Waals surface area (Å²) in [6, 6.07) is -0.756. The Bertz CT molecular complexity index is 885. The van der Waals surface area contributed by atoms with Gasteiger partial charge >= 0.3 is 5.97 Å². The first-order valence-corrected chi connectivity index (χ1v) is 9.57. The van der Waals surface area contributed by atoms with Crippen LogP contribution in [0.4, 0.5) is 20.5 Å². The Kier molecular flexibility index (Phi) is 3.00. The minimum Gasteiger partial charge on any atom is -0.481 e. The summed E-state index contributed by atoms with van der Waals surface area (Å²) < 4.78 is 52.2. The Balaban J connectivity index is 1.47. The number of hydrogen-bond donors (Lipinski definition) is 1. The number of piperidine rings is 2. The van der Waals surface area contributed by atoms with E-state index >= 15 is 0 Å². The second-order valence-corrected chi connectivity index (χ2v) is 8.30. The van der Waals surface area contributed by atoms with E-state index in [1.54, 1.807) is 0 Å². The Morgan fingerprint density at radius 1 is 1.37 bits per heavy atom. The maximum atomic E-state index is 14.6. The van der Waals surface area contributed by atoms with Gasteiger partial charge in [-0.3, -0.25) is 4.79 Å². The molecule has 0 radical (unpaired) electrons. The van der Waals surface area contributed by atoms with Gasteiger partial charge in [-0.15, -0.1) is 0 Å². The van der Waals surface area contributed by atoms with Crippen molar-refractivity contribution >= 4 is 17.7 Å². The van der Waals surface area contributed by atoms with E-state index in [2.05, 4.69) is 9.97 Å². The summed E-state index contributed by atoms with van der Waals surface area (Å²) >= 11 is 0. The molecular weight excluding hydrogens is 354 g/mol. The molecular formula is C19H24F2N4O2. The molecule has 4 atom stereocenters. The van der Waals surface area contributed by atoms with Crippen LogP contribution in [0.2, 0.25) is 0 Å². The Labute approximate surface area is 160 Å². The average molecular weight is 381 g/mol. The summed E-state index contributed by atoms with van der Waals surface area (Å²) in [5.41, 5.74) is 0.172. The standard InChI is InChI=1S/C19H24F2N4O2/c1-10-3-5-25(10)18-22-16-13(2-4-19(16,20)21)17(23-18)24-8-11-6-12(9-24)14(11)7-15(26)27/h10-12,14H,2-9H2,1H3,(H,26,27)/t10-,11-,12+,14?/m0/s1/i1D3. The molecule has 5 aliphatic rings. The van der Waals surface area contributed by atoms with Crippen LogP contribution in [-0.4, -0.2) is 46.7 Å². The minimum atomic E-state index is -3.05. The molecule has 0 aromatic carbocycles. The molecule has 1 saturated carbocycles. The first-order valence-electron chi connectivity index (χ1n) is 11.1. The number of aromatic nitrogens is 2. The normalized spacial score (nSPS) is 35.4. The summed E-state index contributed by atoms with van der Waals surface area (Å²) in [6.07, 6.45) is 1.41. The number of halogens is 2. The summed E-state index contributed by atoms with van der Waals surface area (Å²) in [5.74, 6) is -2.74. The van der Waals surface area contributed by atoms with Crippen LogP contribution >= 0.6 is 0 Å². The molecule has 0 spiro atoms. The highest BCUT2D eigenvalue weighted by Gasteiger charge is 2.50. The molecule has 1 aromatic rings. The molecule has 2 bridgehead atoms.